The van der Waals surface area contributed by atoms with Crippen molar-refractivity contribution in [1.29, 1.82) is 0 Å². The average molecular weight is 344 g/mol. The lowest BCUT2D eigenvalue weighted by atomic mass is 10.1. The number of para-hydroxylation sites is 1. The molecule has 23 heavy (non-hydrogen) atoms. The van der Waals surface area contributed by atoms with E-state index in [4.69, 9.17) is 0 Å². The number of β-amino-alcohol motifs (C(OH)–C–C–N with tert-alkyl or cyclic N) is 1. The fraction of sp³-hybridized carbons (Fsp3) is 0.467. The molecule has 6 nitrogen and oxygen atoms in total. The molecule has 2 fully saturated rings. The highest BCUT2D eigenvalue weighted by Crippen LogP contribution is 2.24. The maximum Gasteiger partial charge on any atom is 0.249 e. The van der Waals surface area contributed by atoms with Gasteiger partial charge in [0.15, 0.2) is 0 Å². The number of benzene rings is 1. The Balaban J connectivity index is 0.00000192. The summed E-state index contributed by atoms with van der Waals surface area (Å²) in [5, 5.41) is 15.0. The molecule has 3 unspecified atom stereocenters. The number of carbonyl (C=O) groups excluding carboxylic acids is 2. The summed E-state index contributed by atoms with van der Waals surface area (Å²) < 4.78 is 13.8. The Kier molecular flexibility index (Phi) is 5.56. The molecule has 1 aromatic rings. The van der Waals surface area contributed by atoms with E-state index in [0.29, 0.717) is 25.9 Å². The third-order valence-electron chi connectivity index (χ3n) is 4.09. The van der Waals surface area contributed by atoms with Crippen LogP contribution in [0.2, 0.25) is 0 Å². The van der Waals surface area contributed by atoms with E-state index in [1.54, 1.807) is 18.2 Å². The lowest BCUT2D eigenvalue weighted by molar-refractivity contribution is -0.127. The molecule has 3 N–H and O–H groups in total. The Bertz CT molecular complexity index is 601. The normalized spacial score (nSPS) is 27.0. The molecule has 8 heteroatoms. The van der Waals surface area contributed by atoms with Gasteiger partial charge in [-0.05, 0) is 25.0 Å². The standard InChI is InChI=1S/C15H18FN3O3.ClH/c16-10-3-1-2-4-13(10)19-6-5-11(15(19)22)18-14(21)12-7-9(20)8-17-12;/h1-4,9,11-12,17,20H,5-8H2,(H,18,21);1H. The summed E-state index contributed by atoms with van der Waals surface area (Å²) in [7, 11) is 0. The lowest BCUT2D eigenvalue weighted by Crippen LogP contribution is -2.48. The molecule has 2 aliphatic heterocycles. The van der Waals surface area contributed by atoms with Crippen LogP contribution in [0.1, 0.15) is 12.8 Å². The number of nitrogens with one attached hydrogen (secondary N) is 2. The smallest absolute Gasteiger partial charge is 0.249 e. The van der Waals surface area contributed by atoms with E-state index in [1.165, 1.54) is 11.0 Å². The van der Waals surface area contributed by atoms with Crippen molar-refractivity contribution in [3.63, 3.8) is 0 Å². The number of hydrogen-bond acceptors (Lipinski definition) is 4. The summed E-state index contributed by atoms with van der Waals surface area (Å²) in [6.07, 6.45) is 0.239. The van der Waals surface area contributed by atoms with Crippen LogP contribution in [0.3, 0.4) is 0 Å². The van der Waals surface area contributed by atoms with Crippen LogP contribution in [-0.4, -0.2) is 48.2 Å². The average Bonchev–Trinajstić information content (AvgIpc) is 3.07. The quantitative estimate of drug-likeness (QED) is 0.732. The molecular formula is C15H19ClFN3O3. The van der Waals surface area contributed by atoms with Gasteiger partial charge in [-0.2, -0.15) is 0 Å². The van der Waals surface area contributed by atoms with Crippen molar-refractivity contribution in [2.24, 2.45) is 0 Å². The van der Waals surface area contributed by atoms with E-state index in [0.717, 1.165) is 0 Å². The topological polar surface area (TPSA) is 81.7 Å². The van der Waals surface area contributed by atoms with Crippen molar-refractivity contribution in [2.75, 3.05) is 18.0 Å². The molecule has 2 heterocycles. The molecular weight excluding hydrogens is 325 g/mol. The molecule has 2 saturated heterocycles. The van der Waals surface area contributed by atoms with Gasteiger partial charge in [0, 0.05) is 13.1 Å². The summed E-state index contributed by atoms with van der Waals surface area (Å²) in [4.78, 5) is 25.8. The summed E-state index contributed by atoms with van der Waals surface area (Å²) in [5.41, 5.74) is 0.235. The SMILES string of the molecule is Cl.O=C(NC1CCN(c2ccccc2F)C1=O)C1CC(O)CN1. The number of nitrogens with zero attached hydrogens (tertiary/aromatic N) is 1. The van der Waals surface area contributed by atoms with Gasteiger partial charge in [-0.15, -0.1) is 12.4 Å². The monoisotopic (exact) mass is 343 g/mol. The third kappa shape index (κ3) is 3.63. The molecule has 3 atom stereocenters. The third-order valence-corrected chi connectivity index (χ3v) is 4.09. The van der Waals surface area contributed by atoms with Crippen molar-refractivity contribution < 1.29 is 19.1 Å². The van der Waals surface area contributed by atoms with Gasteiger partial charge in [0.1, 0.15) is 11.9 Å². The Morgan fingerprint density at radius 1 is 1.39 bits per heavy atom. The number of halogens is 2. The zero-order valence-corrected chi connectivity index (χ0v) is 13.2. The highest BCUT2D eigenvalue weighted by atomic mass is 35.5. The molecule has 2 amide bonds. The minimum absolute atomic E-state index is 0. The van der Waals surface area contributed by atoms with Crippen molar-refractivity contribution in [2.45, 2.75) is 31.0 Å². The number of rotatable bonds is 3. The molecule has 0 saturated carbocycles. The van der Waals surface area contributed by atoms with Crippen LogP contribution < -0.4 is 15.5 Å². The molecule has 0 bridgehead atoms. The second-order valence-electron chi connectivity index (χ2n) is 5.64. The van der Waals surface area contributed by atoms with Gasteiger partial charge in [-0.3, -0.25) is 9.59 Å². The van der Waals surface area contributed by atoms with Gasteiger partial charge >= 0.3 is 0 Å². The van der Waals surface area contributed by atoms with Gasteiger partial charge < -0.3 is 20.6 Å². The molecule has 1 aromatic carbocycles. The number of aliphatic hydroxyl groups excluding tert-OH is 1. The summed E-state index contributed by atoms with van der Waals surface area (Å²) >= 11 is 0. The van der Waals surface area contributed by atoms with E-state index >= 15 is 0 Å². The Labute approximate surface area is 139 Å². The molecule has 0 aliphatic carbocycles. The molecule has 3 rings (SSSR count). The van der Waals surface area contributed by atoms with Gasteiger partial charge in [0.2, 0.25) is 11.8 Å². The Morgan fingerprint density at radius 2 is 2.13 bits per heavy atom. The highest BCUT2D eigenvalue weighted by Gasteiger charge is 2.37. The van der Waals surface area contributed by atoms with Gasteiger partial charge in [0.25, 0.3) is 0 Å². The minimum atomic E-state index is -0.647. The van der Waals surface area contributed by atoms with Crippen molar-refractivity contribution in [1.82, 2.24) is 10.6 Å². The number of carbonyl (C=O) groups is 2. The first-order valence-electron chi connectivity index (χ1n) is 7.34. The molecule has 0 spiro atoms. The molecule has 0 radical (unpaired) electrons. The van der Waals surface area contributed by atoms with Gasteiger partial charge in [-0.25, -0.2) is 4.39 Å². The van der Waals surface area contributed by atoms with E-state index in [2.05, 4.69) is 10.6 Å². The molecule has 126 valence electrons. The molecule has 0 aromatic heterocycles. The van der Waals surface area contributed by atoms with Gasteiger partial charge in [0.05, 0.1) is 17.8 Å². The van der Waals surface area contributed by atoms with Crippen LogP contribution in [-0.2, 0) is 9.59 Å². The van der Waals surface area contributed by atoms with Crippen LogP contribution in [0.4, 0.5) is 10.1 Å². The van der Waals surface area contributed by atoms with Crippen molar-refractivity contribution >= 4 is 29.9 Å². The van der Waals surface area contributed by atoms with E-state index in [9.17, 15) is 19.1 Å². The fourth-order valence-corrected chi connectivity index (χ4v) is 2.91. The Hall–Kier alpha value is -1.70. The van der Waals surface area contributed by atoms with Crippen LogP contribution in [0.5, 0.6) is 0 Å². The number of anilines is 1. The van der Waals surface area contributed by atoms with Crippen LogP contribution in [0.25, 0.3) is 0 Å². The number of hydrogen-bond donors (Lipinski definition) is 3. The first kappa shape index (κ1) is 17.7. The largest absolute Gasteiger partial charge is 0.392 e. The predicted molar refractivity (Wildman–Crippen MR) is 85.0 cm³/mol. The molecule has 2 aliphatic rings. The van der Waals surface area contributed by atoms with Crippen molar-refractivity contribution in [3.8, 4) is 0 Å². The highest BCUT2D eigenvalue weighted by molar-refractivity contribution is 6.01. The van der Waals surface area contributed by atoms with Crippen molar-refractivity contribution in [3.05, 3.63) is 30.1 Å². The maximum atomic E-state index is 13.8. The lowest BCUT2D eigenvalue weighted by Gasteiger charge is -2.19. The first-order chi connectivity index (χ1) is 10.6. The second-order valence-corrected chi connectivity index (χ2v) is 5.64. The van der Waals surface area contributed by atoms with E-state index in [1.807, 2.05) is 0 Å². The zero-order chi connectivity index (χ0) is 15.7. The van der Waals surface area contributed by atoms with Crippen LogP contribution >= 0.6 is 12.4 Å². The summed E-state index contributed by atoms with van der Waals surface area (Å²) in [6, 6.07) is 4.96. The number of aliphatic hydroxyl groups is 1. The van der Waals surface area contributed by atoms with E-state index in [-0.39, 0.29) is 29.9 Å². The maximum absolute atomic E-state index is 13.8. The van der Waals surface area contributed by atoms with Gasteiger partial charge in [-0.1, -0.05) is 12.1 Å². The summed E-state index contributed by atoms with van der Waals surface area (Å²) in [6.45, 7) is 0.740. The second kappa shape index (κ2) is 7.25. The number of amides is 2. The van der Waals surface area contributed by atoms with Crippen LogP contribution in [0.15, 0.2) is 24.3 Å². The zero-order valence-electron chi connectivity index (χ0n) is 12.4. The fourth-order valence-electron chi connectivity index (χ4n) is 2.91. The predicted octanol–water partition coefficient (Wildman–Crippen LogP) is 0.192. The first-order valence-corrected chi connectivity index (χ1v) is 7.34. The Morgan fingerprint density at radius 3 is 2.78 bits per heavy atom. The van der Waals surface area contributed by atoms with Crippen LogP contribution in [0, 0.1) is 5.82 Å². The summed E-state index contributed by atoms with van der Waals surface area (Å²) in [5.74, 6) is -1.06. The minimum Gasteiger partial charge on any atom is -0.392 e. The van der Waals surface area contributed by atoms with E-state index < -0.39 is 24.0 Å².